The molecule has 4 nitrogen and oxygen atoms in total. The molecule has 1 aromatic carbocycles. The maximum absolute atomic E-state index is 12.8. The molecule has 0 spiro atoms. The fourth-order valence-electron chi connectivity index (χ4n) is 1.73. The average Bonchev–Trinajstić information content (AvgIpc) is 2.37. The van der Waals surface area contributed by atoms with Crippen molar-refractivity contribution in [2.75, 3.05) is 23.6 Å². The predicted molar refractivity (Wildman–Crippen MR) is 76.6 cm³/mol. The van der Waals surface area contributed by atoms with Gasteiger partial charge in [0.15, 0.2) is 0 Å². The molecule has 0 aliphatic heterocycles. The van der Waals surface area contributed by atoms with Gasteiger partial charge >= 0.3 is 6.18 Å². The first-order valence-electron chi connectivity index (χ1n) is 6.63. The predicted octanol–water partition coefficient (Wildman–Crippen LogP) is 2.84. The van der Waals surface area contributed by atoms with Gasteiger partial charge in [-0.2, -0.15) is 13.2 Å². The zero-order chi connectivity index (χ0) is 15.9. The summed E-state index contributed by atoms with van der Waals surface area (Å²) in [4.78, 5) is 0. The maximum atomic E-state index is 12.8. The number of hydrogen-bond acceptors (Lipinski definition) is 3. The van der Waals surface area contributed by atoms with E-state index in [0.29, 0.717) is 13.0 Å². The van der Waals surface area contributed by atoms with Gasteiger partial charge in [-0.3, -0.25) is 4.72 Å². The summed E-state index contributed by atoms with van der Waals surface area (Å²) in [5.41, 5.74) is -1.43. The molecule has 0 heterocycles. The molecule has 1 aromatic rings. The topological polar surface area (TPSA) is 58.2 Å². The molecule has 0 aliphatic carbocycles. The Hall–Kier alpha value is -1.28. The Bertz CT molecular complexity index is 545. The molecule has 0 saturated carbocycles. The number of para-hydroxylation sites is 1. The van der Waals surface area contributed by atoms with Crippen LogP contribution in [0, 0.1) is 0 Å². The lowest BCUT2D eigenvalue weighted by atomic mass is 10.2. The van der Waals surface area contributed by atoms with E-state index in [9.17, 15) is 21.6 Å². The van der Waals surface area contributed by atoms with E-state index in [0.717, 1.165) is 25.1 Å². The van der Waals surface area contributed by atoms with E-state index in [1.54, 1.807) is 0 Å². The minimum Gasteiger partial charge on any atom is -0.317 e. The third-order valence-electron chi connectivity index (χ3n) is 2.69. The number of hydrogen-bond donors (Lipinski definition) is 2. The number of alkyl halides is 3. The van der Waals surface area contributed by atoms with Crippen molar-refractivity contribution in [3.63, 3.8) is 0 Å². The molecule has 8 heteroatoms. The van der Waals surface area contributed by atoms with Gasteiger partial charge in [-0.05, 0) is 38.1 Å². The van der Waals surface area contributed by atoms with Crippen molar-refractivity contribution in [2.45, 2.75) is 25.9 Å². The van der Waals surface area contributed by atoms with Crippen molar-refractivity contribution < 1.29 is 21.6 Å². The quantitative estimate of drug-likeness (QED) is 0.723. The normalized spacial score (nSPS) is 12.4. The molecular formula is C13H19F3N2O2S. The Kier molecular flexibility index (Phi) is 6.47. The number of sulfonamides is 1. The van der Waals surface area contributed by atoms with E-state index in [2.05, 4.69) is 5.32 Å². The number of rotatable bonds is 8. The second kappa shape index (κ2) is 7.65. The van der Waals surface area contributed by atoms with E-state index in [1.807, 2.05) is 11.6 Å². The highest BCUT2D eigenvalue weighted by Crippen LogP contribution is 2.34. The van der Waals surface area contributed by atoms with Crippen LogP contribution in [0.25, 0.3) is 0 Å². The number of benzene rings is 1. The lowest BCUT2D eigenvalue weighted by Crippen LogP contribution is -2.23. The van der Waals surface area contributed by atoms with Crippen molar-refractivity contribution in [2.24, 2.45) is 0 Å². The highest BCUT2D eigenvalue weighted by atomic mass is 32.2. The standard InChI is InChI=1S/C13H19F3N2O2S/c1-2-8-17-9-5-10-21(19,20)18-12-7-4-3-6-11(12)13(14,15)16/h3-4,6-7,17-18H,2,5,8-10H2,1H3. The van der Waals surface area contributed by atoms with Crippen LogP contribution in [0.2, 0.25) is 0 Å². The second-order valence-electron chi connectivity index (χ2n) is 4.57. The zero-order valence-electron chi connectivity index (χ0n) is 11.7. The van der Waals surface area contributed by atoms with Gasteiger partial charge < -0.3 is 5.32 Å². The number of nitrogens with one attached hydrogen (secondary N) is 2. The Morgan fingerprint density at radius 1 is 1.14 bits per heavy atom. The van der Waals surface area contributed by atoms with Gasteiger partial charge in [0.2, 0.25) is 10.0 Å². The highest BCUT2D eigenvalue weighted by molar-refractivity contribution is 7.92. The summed E-state index contributed by atoms with van der Waals surface area (Å²) in [7, 11) is -3.79. The largest absolute Gasteiger partial charge is 0.418 e. The SMILES string of the molecule is CCCNCCCS(=O)(=O)Nc1ccccc1C(F)(F)F. The van der Waals surface area contributed by atoms with Crippen molar-refractivity contribution in [1.29, 1.82) is 0 Å². The summed E-state index contributed by atoms with van der Waals surface area (Å²) < 4.78 is 63.9. The minimum absolute atomic E-state index is 0.226. The smallest absolute Gasteiger partial charge is 0.317 e. The molecule has 2 N–H and O–H groups in total. The Morgan fingerprint density at radius 2 is 1.81 bits per heavy atom. The molecule has 0 atom stereocenters. The van der Waals surface area contributed by atoms with Crippen LogP contribution < -0.4 is 10.0 Å². The first-order valence-corrected chi connectivity index (χ1v) is 8.29. The molecule has 0 radical (unpaired) electrons. The summed E-state index contributed by atoms with van der Waals surface area (Å²) in [6, 6.07) is 4.53. The van der Waals surface area contributed by atoms with E-state index in [1.165, 1.54) is 12.1 Å². The Morgan fingerprint density at radius 3 is 2.43 bits per heavy atom. The molecule has 1 rings (SSSR count). The summed E-state index contributed by atoms with van der Waals surface area (Å²) >= 11 is 0. The van der Waals surface area contributed by atoms with Gasteiger partial charge in [0.25, 0.3) is 0 Å². The molecule has 21 heavy (non-hydrogen) atoms. The summed E-state index contributed by atoms with van der Waals surface area (Å²) in [5, 5.41) is 3.03. The van der Waals surface area contributed by atoms with E-state index < -0.39 is 27.5 Å². The van der Waals surface area contributed by atoms with Crippen LogP contribution in [-0.2, 0) is 16.2 Å². The van der Waals surface area contributed by atoms with Crippen molar-refractivity contribution >= 4 is 15.7 Å². The van der Waals surface area contributed by atoms with Gasteiger partial charge in [-0.25, -0.2) is 8.42 Å². The number of halogens is 3. The average molecular weight is 324 g/mol. The molecule has 0 saturated heterocycles. The lowest BCUT2D eigenvalue weighted by Gasteiger charge is -2.14. The molecule has 0 unspecified atom stereocenters. The van der Waals surface area contributed by atoms with Crippen molar-refractivity contribution in [3.8, 4) is 0 Å². The van der Waals surface area contributed by atoms with Crippen LogP contribution in [0.5, 0.6) is 0 Å². The highest BCUT2D eigenvalue weighted by Gasteiger charge is 2.34. The third kappa shape index (κ3) is 6.34. The Labute approximate surface area is 122 Å². The third-order valence-corrected chi connectivity index (χ3v) is 4.05. The van der Waals surface area contributed by atoms with Crippen LogP contribution >= 0.6 is 0 Å². The van der Waals surface area contributed by atoms with E-state index >= 15 is 0 Å². The molecule has 0 amide bonds. The summed E-state index contributed by atoms with van der Waals surface area (Å²) in [6.45, 7) is 3.28. The van der Waals surface area contributed by atoms with Crippen molar-refractivity contribution in [1.82, 2.24) is 5.32 Å². The fourth-order valence-corrected chi connectivity index (χ4v) is 2.87. The molecule has 120 valence electrons. The first-order chi connectivity index (χ1) is 9.76. The van der Waals surface area contributed by atoms with Gasteiger partial charge in [-0.1, -0.05) is 19.1 Å². The fraction of sp³-hybridized carbons (Fsp3) is 0.538. The second-order valence-corrected chi connectivity index (χ2v) is 6.41. The molecule has 0 fully saturated rings. The molecule has 0 aliphatic rings. The van der Waals surface area contributed by atoms with Crippen LogP contribution in [-0.4, -0.2) is 27.3 Å². The number of anilines is 1. The van der Waals surface area contributed by atoms with Crippen molar-refractivity contribution in [3.05, 3.63) is 29.8 Å². The molecular weight excluding hydrogens is 305 g/mol. The first kappa shape index (κ1) is 17.8. The molecule has 0 aromatic heterocycles. The van der Waals surface area contributed by atoms with Gasteiger partial charge in [0.05, 0.1) is 17.0 Å². The summed E-state index contributed by atoms with van der Waals surface area (Å²) in [5.74, 6) is -0.226. The van der Waals surface area contributed by atoms with Crippen LogP contribution in [0.1, 0.15) is 25.3 Å². The van der Waals surface area contributed by atoms with Crippen LogP contribution in [0.4, 0.5) is 18.9 Å². The minimum atomic E-state index is -4.60. The Balaban J connectivity index is 2.68. The molecule has 0 bridgehead atoms. The van der Waals surface area contributed by atoms with Crippen LogP contribution in [0.3, 0.4) is 0 Å². The van der Waals surface area contributed by atoms with Gasteiger partial charge in [0.1, 0.15) is 0 Å². The van der Waals surface area contributed by atoms with E-state index in [-0.39, 0.29) is 5.75 Å². The summed E-state index contributed by atoms with van der Waals surface area (Å²) in [6.07, 6.45) is -3.32. The zero-order valence-corrected chi connectivity index (χ0v) is 12.5. The maximum Gasteiger partial charge on any atom is 0.418 e. The van der Waals surface area contributed by atoms with E-state index in [4.69, 9.17) is 0 Å². The monoisotopic (exact) mass is 324 g/mol. The van der Waals surface area contributed by atoms with Gasteiger partial charge in [-0.15, -0.1) is 0 Å². The van der Waals surface area contributed by atoms with Gasteiger partial charge in [0, 0.05) is 0 Å². The lowest BCUT2D eigenvalue weighted by molar-refractivity contribution is -0.136. The van der Waals surface area contributed by atoms with Crippen LogP contribution in [0.15, 0.2) is 24.3 Å².